The average Bonchev–Trinajstić information content (AvgIpc) is 2.59. The van der Waals surface area contributed by atoms with Gasteiger partial charge >= 0.3 is 5.97 Å². The Bertz CT molecular complexity index is 680. The van der Waals surface area contributed by atoms with Gasteiger partial charge in [0.25, 0.3) is 5.91 Å². The lowest BCUT2D eigenvalue weighted by Gasteiger charge is -2.53. The molecule has 2 saturated heterocycles. The fraction of sp³-hybridized carbons (Fsp3) is 0.533. The number of aromatic nitrogens is 2. The zero-order valence-corrected chi connectivity index (χ0v) is 13.5. The van der Waals surface area contributed by atoms with Gasteiger partial charge in [0.2, 0.25) is 0 Å². The Morgan fingerprint density at radius 1 is 1.38 bits per heavy atom. The van der Waals surface area contributed by atoms with Crippen molar-refractivity contribution < 1.29 is 19.5 Å². The first-order valence-electron chi connectivity index (χ1n) is 7.68. The second-order valence-electron chi connectivity index (χ2n) is 6.09. The Morgan fingerprint density at radius 3 is 2.71 bits per heavy atom. The summed E-state index contributed by atoms with van der Waals surface area (Å²) in [7, 11) is 1.41. The summed E-state index contributed by atoms with van der Waals surface area (Å²) in [5.41, 5.74) is 0.297. The number of aromatic carboxylic acids is 1. The number of amides is 1. The fourth-order valence-electron chi connectivity index (χ4n) is 3.42. The maximum atomic E-state index is 12.2. The molecule has 2 aliphatic heterocycles. The van der Waals surface area contributed by atoms with E-state index in [0.29, 0.717) is 36.5 Å². The summed E-state index contributed by atoms with van der Waals surface area (Å²) in [5.74, 6) is -0.0734. The van der Waals surface area contributed by atoms with Crippen LogP contribution in [0.1, 0.15) is 23.8 Å². The third-order valence-corrected chi connectivity index (χ3v) is 4.56. The van der Waals surface area contributed by atoms with Crippen molar-refractivity contribution >= 4 is 23.4 Å². The second kappa shape index (κ2) is 6.42. The van der Waals surface area contributed by atoms with Crippen molar-refractivity contribution in [2.45, 2.75) is 19.4 Å². The van der Waals surface area contributed by atoms with E-state index in [0.717, 1.165) is 6.42 Å². The van der Waals surface area contributed by atoms with E-state index < -0.39 is 5.97 Å². The normalized spacial score (nSPS) is 25.7. The number of hydrogen-bond donors (Lipinski definition) is 2. The lowest BCUT2D eigenvalue weighted by Crippen LogP contribution is -2.62. The first-order valence-corrected chi connectivity index (χ1v) is 7.68. The molecule has 3 aliphatic rings. The molecule has 2 N–H and O–H groups in total. The van der Waals surface area contributed by atoms with E-state index in [9.17, 15) is 9.59 Å². The molecule has 128 valence electrons. The minimum absolute atomic E-state index is 0.0415. The number of piperidine rings is 2. The molecule has 24 heavy (non-hydrogen) atoms. The third-order valence-electron chi connectivity index (χ3n) is 4.56. The summed E-state index contributed by atoms with van der Waals surface area (Å²) >= 11 is 0. The Morgan fingerprint density at radius 2 is 2.08 bits per heavy atom. The van der Waals surface area contributed by atoms with E-state index in [1.807, 2.05) is 0 Å². The molecule has 1 aliphatic carbocycles. The molecule has 1 saturated carbocycles. The molecule has 0 radical (unpaired) electrons. The summed E-state index contributed by atoms with van der Waals surface area (Å²) < 4.78 is 0. The average molecular weight is 333 g/mol. The number of oxime groups is 1. The number of fused-ring (bicyclic) bond motifs is 2. The van der Waals surface area contributed by atoms with Gasteiger partial charge in [0.05, 0.1) is 0 Å². The van der Waals surface area contributed by atoms with Gasteiger partial charge in [-0.3, -0.25) is 4.79 Å². The zero-order chi connectivity index (χ0) is 17.3. The number of carboxylic acids is 1. The quantitative estimate of drug-likeness (QED) is 0.593. The van der Waals surface area contributed by atoms with Gasteiger partial charge in [-0.1, -0.05) is 5.16 Å². The van der Waals surface area contributed by atoms with Gasteiger partial charge in [-0.05, 0) is 25.2 Å². The molecule has 1 aromatic rings. The number of carboxylic acid groups (broad SMARTS) is 1. The molecule has 2 unspecified atom stereocenters. The molecular weight excluding hydrogens is 314 g/mol. The van der Waals surface area contributed by atoms with Gasteiger partial charge in [0.1, 0.15) is 25.0 Å². The summed E-state index contributed by atoms with van der Waals surface area (Å²) in [6.07, 6.45) is 2.28. The monoisotopic (exact) mass is 333 g/mol. The van der Waals surface area contributed by atoms with Crippen LogP contribution in [0, 0.1) is 11.8 Å². The van der Waals surface area contributed by atoms with Crippen molar-refractivity contribution in [1.82, 2.24) is 14.9 Å². The van der Waals surface area contributed by atoms with Crippen molar-refractivity contribution in [1.29, 1.82) is 0 Å². The van der Waals surface area contributed by atoms with Gasteiger partial charge in [-0.15, -0.1) is 0 Å². The van der Waals surface area contributed by atoms with Gasteiger partial charge in [0, 0.05) is 25.2 Å². The van der Waals surface area contributed by atoms with Crippen molar-refractivity contribution in [2.75, 3.05) is 25.5 Å². The molecule has 2 bridgehead atoms. The smallest absolute Gasteiger partial charge is 0.354 e. The SMILES string of the molecule is CON=C(C)C(=O)N1CC2CC(C1)C2Nc1cc(C(=O)O)ncn1. The topological polar surface area (TPSA) is 117 Å². The third kappa shape index (κ3) is 3.01. The second-order valence-corrected chi connectivity index (χ2v) is 6.09. The summed E-state index contributed by atoms with van der Waals surface area (Å²) in [5, 5.41) is 16.0. The number of hydrogen-bond acceptors (Lipinski definition) is 7. The number of nitrogens with one attached hydrogen (secondary N) is 1. The molecule has 4 rings (SSSR count). The number of carbonyl (C=O) groups is 2. The molecule has 3 heterocycles. The first kappa shape index (κ1) is 16.2. The zero-order valence-electron chi connectivity index (χ0n) is 13.5. The van der Waals surface area contributed by atoms with Gasteiger partial charge < -0.3 is 20.2 Å². The van der Waals surface area contributed by atoms with Crippen LogP contribution in [0.15, 0.2) is 17.5 Å². The van der Waals surface area contributed by atoms with E-state index in [2.05, 4.69) is 25.3 Å². The van der Waals surface area contributed by atoms with E-state index in [1.165, 1.54) is 19.5 Å². The highest BCUT2D eigenvalue weighted by Gasteiger charge is 2.48. The predicted molar refractivity (Wildman–Crippen MR) is 84.7 cm³/mol. The van der Waals surface area contributed by atoms with Crippen LogP contribution in [0.3, 0.4) is 0 Å². The maximum absolute atomic E-state index is 12.2. The molecule has 9 nitrogen and oxygen atoms in total. The fourth-order valence-corrected chi connectivity index (χ4v) is 3.42. The number of nitrogens with zero attached hydrogens (tertiary/aromatic N) is 4. The predicted octanol–water partition coefficient (Wildman–Crippen LogP) is 0.456. The number of anilines is 1. The molecule has 0 aromatic carbocycles. The molecule has 0 spiro atoms. The van der Waals surface area contributed by atoms with Gasteiger partial charge in [-0.25, -0.2) is 14.8 Å². The largest absolute Gasteiger partial charge is 0.477 e. The Labute approximate surface area is 138 Å². The minimum atomic E-state index is -1.08. The highest BCUT2D eigenvalue weighted by atomic mass is 16.6. The van der Waals surface area contributed by atoms with Crippen LogP contribution in [-0.4, -0.2) is 63.8 Å². The highest BCUT2D eigenvalue weighted by Crippen LogP contribution is 2.41. The molecule has 1 aromatic heterocycles. The van der Waals surface area contributed by atoms with Crippen LogP contribution < -0.4 is 5.32 Å². The summed E-state index contributed by atoms with van der Waals surface area (Å²) in [4.78, 5) is 37.4. The lowest BCUT2D eigenvalue weighted by molar-refractivity contribution is -0.131. The van der Waals surface area contributed by atoms with Crippen LogP contribution in [0.2, 0.25) is 0 Å². The Hall–Kier alpha value is -2.71. The van der Waals surface area contributed by atoms with Crippen molar-refractivity contribution in [3.05, 3.63) is 18.1 Å². The van der Waals surface area contributed by atoms with E-state index >= 15 is 0 Å². The Kier molecular flexibility index (Phi) is 4.32. The van der Waals surface area contributed by atoms with Crippen LogP contribution in [0.5, 0.6) is 0 Å². The molecule has 9 heteroatoms. The molecule has 2 atom stereocenters. The number of carbonyl (C=O) groups excluding carboxylic acids is 1. The van der Waals surface area contributed by atoms with E-state index in [-0.39, 0.29) is 17.6 Å². The lowest BCUT2D eigenvalue weighted by atomic mass is 9.66. The molecule has 3 fully saturated rings. The summed E-state index contributed by atoms with van der Waals surface area (Å²) in [6, 6.07) is 1.61. The van der Waals surface area contributed by atoms with Gasteiger partial charge in [-0.2, -0.15) is 0 Å². The molecule has 1 amide bonds. The van der Waals surface area contributed by atoms with Crippen molar-refractivity contribution in [3.63, 3.8) is 0 Å². The van der Waals surface area contributed by atoms with Crippen LogP contribution in [0.25, 0.3) is 0 Å². The van der Waals surface area contributed by atoms with E-state index in [1.54, 1.807) is 11.8 Å². The van der Waals surface area contributed by atoms with Crippen molar-refractivity contribution in [3.8, 4) is 0 Å². The van der Waals surface area contributed by atoms with Crippen LogP contribution in [0.4, 0.5) is 5.82 Å². The minimum Gasteiger partial charge on any atom is -0.477 e. The maximum Gasteiger partial charge on any atom is 0.354 e. The van der Waals surface area contributed by atoms with Crippen LogP contribution >= 0.6 is 0 Å². The van der Waals surface area contributed by atoms with Crippen LogP contribution in [-0.2, 0) is 9.63 Å². The Balaban J connectivity index is 1.62. The van der Waals surface area contributed by atoms with E-state index in [4.69, 9.17) is 5.11 Å². The highest BCUT2D eigenvalue weighted by molar-refractivity contribution is 6.37. The number of rotatable bonds is 5. The molecular formula is C15H19N5O4. The van der Waals surface area contributed by atoms with Gasteiger partial charge in [0.15, 0.2) is 5.69 Å². The first-order chi connectivity index (χ1) is 11.5. The van der Waals surface area contributed by atoms with Crippen molar-refractivity contribution in [2.24, 2.45) is 17.0 Å². The summed E-state index contributed by atoms with van der Waals surface area (Å²) in [6.45, 7) is 2.91. The standard InChI is InChI=1S/C15H19N5O4/c1-8(19-24-2)14(21)20-5-9-3-10(6-20)13(9)18-12-4-11(15(22)23)16-7-17-12/h4,7,9-10,13H,3,5-6H2,1-2H3,(H,22,23)(H,16,17,18).